The molecule has 101 heavy (non-hydrogen) atoms. The molecule has 0 spiro atoms. The first-order valence-corrected chi connectivity index (χ1v) is 33.1. The number of rotatable bonds is 56. The van der Waals surface area contributed by atoms with Crippen LogP contribution in [-0.4, -0.2) is 404 Å². The summed E-state index contributed by atoms with van der Waals surface area (Å²) in [5, 5.41) is 118. The molecular weight excluding hydrogens is 1370 g/mol. The van der Waals surface area contributed by atoms with Crippen LogP contribution in [0.25, 0.3) is 0 Å². The molecule has 3 saturated heterocycles. The Balaban J connectivity index is 0.0000347. The summed E-state index contributed by atoms with van der Waals surface area (Å²) in [6, 6.07) is -5.87. The normalized spacial score (nSPS) is 25.6. The van der Waals surface area contributed by atoms with Gasteiger partial charge in [-0.2, -0.15) is 0 Å². The van der Waals surface area contributed by atoms with Crippen molar-refractivity contribution < 1.29 is 160 Å². The molecule has 3 heterocycles. The van der Waals surface area contributed by atoms with Crippen LogP contribution >= 0.6 is 0 Å². The van der Waals surface area contributed by atoms with Crippen LogP contribution in [0.4, 0.5) is 0 Å². The summed E-state index contributed by atoms with van der Waals surface area (Å²) >= 11 is 0. The monoisotopic (exact) mass is 1480 g/mol. The first-order valence-electron chi connectivity index (χ1n) is 33.1. The average Bonchev–Trinajstić information content (AvgIpc) is 0.825. The third kappa shape index (κ3) is 38.6. The van der Waals surface area contributed by atoms with E-state index in [9.17, 15) is 89.4 Å². The van der Waals surface area contributed by atoms with Crippen LogP contribution in [0.2, 0.25) is 0 Å². The molecule has 3 rings (SSSR count). The van der Waals surface area contributed by atoms with Crippen molar-refractivity contribution in [2.24, 2.45) is 0 Å². The average molecular weight is 1480 g/mol. The molecule has 17 atom stereocenters. The van der Waals surface area contributed by atoms with E-state index in [4.69, 9.17) is 71.1 Å². The number of aliphatic hydroxyl groups is 9. The number of hydrogen-bond donors (Lipinski definition) is 17. The summed E-state index contributed by atoms with van der Waals surface area (Å²) < 4.78 is 82.2. The summed E-state index contributed by atoms with van der Waals surface area (Å²) in [6.07, 6.45) is -14.4. The zero-order chi connectivity index (χ0) is 73.6. The van der Waals surface area contributed by atoms with Gasteiger partial charge in [0.05, 0.1) is 139 Å². The topological polar surface area (TPSA) is 562 Å². The van der Waals surface area contributed by atoms with E-state index >= 15 is 0 Å². The van der Waals surface area contributed by atoms with Gasteiger partial charge in [-0.1, -0.05) is 0 Å². The molecule has 0 saturated carbocycles. The summed E-state index contributed by atoms with van der Waals surface area (Å²) in [4.78, 5) is 98.8. The minimum absolute atomic E-state index is 0. The van der Waals surface area contributed by atoms with Gasteiger partial charge < -0.3 is 159 Å². The van der Waals surface area contributed by atoms with E-state index in [1.165, 1.54) is 20.8 Å². The zero-order valence-corrected chi connectivity index (χ0v) is 56.8. The van der Waals surface area contributed by atoms with Gasteiger partial charge in [-0.05, 0) is 38.5 Å². The molecule has 0 aliphatic carbocycles. The molecule has 40 nitrogen and oxygen atoms in total. The molecule has 0 aromatic rings. The van der Waals surface area contributed by atoms with Crippen LogP contribution in [0.1, 0.15) is 59.3 Å². The van der Waals surface area contributed by atoms with Crippen molar-refractivity contribution in [3.05, 3.63) is 0 Å². The number of ether oxygens (including phenoxy) is 15. The van der Waals surface area contributed by atoms with Crippen molar-refractivity contribution in [3.8, 4) is 0 Å². The Kier molecular flexibility index (Phi) is 50.8. The number of aliphatic carboxylic acids is 1. The minimum atomic E-state index is -1.47. The molecule has 582 valence electrons. The Morgan fingerprint density at radius 2 is 0.644 bits per heavy atom. The Hall–Kier alpha value is -4.20. The first-order chi connectivity index (χ1) is 48.0. The van der Waals surface area contributed by atoms with Crippen LogP contribution in [0.15, 0.2) is 0 Å². The number of carbonyl (C=O) groups excluding carboxylic acids is 7. The third-order valence-corrected chi connectivity index (χ3v) is 15.0. The van der Waals surface area contributed by atoms with Crippen molar-refractivity contribution >= 4 is 76.9 Å². The van der Waals surface area contributed by atoms with Crippen molar-refractivity contribution in [2.75, 3.05) is 172 Å². The second-order valence-electron chi connectivity index (χ2n) is 23.0. The van der Waals surface area contributed by atoms with E-state index in [1.807, 2.05) is 0 Å². The third-order valence-electron chi connectivity index (χ3n) is 15.0. The van der Waals surface area contributed by atoms with Crippen LogP contribution in [0.3, 0.4) is 0 Å². The van der Waals surface area contributed by atoms with E-state index in [1.54, 1.807) is 0 Å². The second kappa shape index (κ2) is 55.3. The van der Waals surface area contributed by atoms with Gasteiger partial charge in [0.1, 0.15) is 105 Å². The number of carbonyl (C=O) groups is 8. The first kappa shape index (κ1) is 92.9. The molecule has 41 heteroatoms. The van der Waals surface area contributed by atoms with Crippen LogP contribution in [-0.2, 0) is 109 Å². The Labute approximate surface area is 606 Å². The molecule has 0 aromatic heterocycles. The van der Waals surface area contributed by atoms with Crippen LogP contribution in [0, 0.1) is 0 Å². The maximum atomic E-state index is 13.6. The van der Waals surface area contributed by atoms with Gasteiger partial charge in [0.15, 0.2) is 18.9 Å². The number of hydrogen-bond acceptors (Lipinski definition) is 32. The number of aliphatic hydroxyl groups excluding tert-OH is 9. The van der Waals surface area contributed by atoms with Crippen molar-refractivity contribution in [2.45, 2.75) is 163 Å². The van der Waals surface area contributed by atoms with Gasteiger partial charge in [0.2, 0.25) is 41.4 Å². The van der Waals surface area contributed by atoms with E-state index in [0.29, 0.717) is 12.8 Å². The molecule has 7 amide bonds. The predicted octanol–water partition coefficient (Wildman–Crippen LogP) is -10.0. The molecule has 0 bridgehead atoms. The molecular formula is C60H108N7NaO33. The number of nitrogens with one attached hydrogen (secondary N) is 7. The SMILES string of the molecule is CC(=O)N[C@H]1[C@H](OCCOCCOCCOCC(=O)NCCCC[C@H](NC(=O)[C@H](CCCCNC(=O)COCCOCCOCCO[C@@H]2O[C@H](CO)[C@H](O)[C@H](O)[C@H]2NC(C)=O)NC(=O)COCCOCCOCCO[C@@H]2O[C@H](CO)[C@H](O)[C@H](O)[C@H]2NC(C)=O)C(=O)O)O[C@H](CO)[C@H](O)[C@@H]1O.[NaH]. The molecule has 3 fully saturated rings. The fourth-order valence-electron chi connectivity index (χ4n) is 9.86. The Morgan fingerprint density at radius 1 is 0.366 bits per heavy atom. The fourth-order valence-corrected chi connectivity index (χ4v) is 9.86. The van der Waals surface area contributed by atoms with E-state index in [0.717, 1.165) is 0 Å². The maximum absolute atomic E-state index is 13.6. The second-order valence-corrected chi connectivity index (χ2v) is 23.0. The van der Waals surface area contributed by atoms with Crippen molar-refractivity contribution in [3.63, 3.8) is 0 Å². The number of carboxylic acid groups (broad SMARTS) is 1. The van der Waals surface area contributed by atoms with Gasteiger partial charge in [-0.25, -0.2) is 4.79 Å². The summed E-state index contributed by atoms with van der Waals surface area (Å²) in [5.74, 6) is -5.18. The van der Waals surface area contributed by atoms with Gasteiger partial charge in [0.25, 0.3) is 0 Å². The van der Waals surface area contributed by atoms with Crippen molar-refractivity contribution in [1.29, 1.82) is 0 Å². The predicted molar refractivity (Wildman–Crippen MR) is 344 cm³/mol. The fraction of sp³-hybridized carbons (Fsp3) is 0.867. The molecule has 0 unspecified atom stereocenters. The molecule has 17 N–H and O–H groups in total. The van der Waals surface area contributed by atoms with Gasteiger partial charge in [-0.15, -0.1) is 0 Å². The van der Waals surface area contributed by atoms with E-state index in [-0.39, 0.29) is 200 Å². The molecule has 0 aromatic carbocycles. The standard InChI is InChI=1S/C60H107N7O33.Na.H/c1-36(71)63-47-53(80)50(77)41(30-68)98-58(47)95-27-24-89-15-12-86-18-21-92-33-44(74)61-10-6-4-8-39(66-46(76)35-94-23-20-88-14-17-91-26-29-97-60-49(65-38(3)73)55(82)52(79)43(32-70)100-60)56(83)67-40(57(84)85)9-5-7-11-62-45(75)34-93-22-19-87-13-16-90-25-28-96-59-48(64-37(2)72)54(81)51(78)42(31-69)99-59;;/h39-43,47-55,58-60,68-70,77-82H,4-35H2,1-3H3,(H,61,74)(H,62,75)(H,63,71)(H,64,72)(H,65,73)(H,66,76)(H,67,83)(H,84,85);;/t39-,40-,41+,42+,43+,47+,48+,49+,50-,51-,52-,53+,54+,55+,58+,59+,60+;;/m0../s1. The van der Waals surface area contributed by atoms with E-state index in [2.05, 4.69) is 37.2 Å². The molecule has 3 aliphatic heterocycles. The van der Waals surface area contributed by atoms with Gasteiger partial charge in [0, 0.05) is 33.9 Å². The van der Waals surface area contributed by atoms with Gasteiger partial charge >= 0.3 is 35.5 Å². The zero-order valence-electron chi connectivity index (χ0n) is 56.8. The van der Waals surface area contributed by atoms with Crippen molar-refractivity contribution in [1.82, 2.24) is 37.2 Å². The number of amides is 7. The summed E-state index contributed by atoms with van der Waals surface area (Å²) in [6.45, 7) is 2.54. The summed E-state index contributed by atoms with van der Waals surface area (Å²) in [7, 11) is 0. The summed E-state index contributed by atoms with van der Waals surface area (Å²) in [5.41, 5.74) is 0. The van der Waals surface area contributed by atoms with E-state index < -0.39 is 178 Å². The number of carboxylic acids is 1. The van der Waals surface area contributed by atoms with Crippen LogP contribution in [0.5, 0.6) is 0 Å². The molecule has 0 radical (unpaired) electrons. The number of unbranched alkanes of at least 4 members (excludes halogenated alkanes) is 2. The molecule has 3 aliphatic rings. The van der Waals surface area contributed by atoms with Crippen LogP contribution < -0.4 is 37.2 Å². The van der Waals surface area contributed by atoms with Gasteiger partial charge in [-0.3, -0.25) is 33.6 Å². The Bertz CT molecular complexity index is 2320. The Morgan fingerprint density at radius 3 is 0.931 bits per heavy atom. The quantitative estimate of drug-likeness (QED) is 0.0199.